The molecule has 0 spiro atoms. The number of amides is 1. The third-order valence-corrected chi connectivity index (χ3v) is 6.16. The monoisotopic (exact) mass is 476 g/mol. The van der Waals surface area contributed by atoms with E-state index >= 15 is 0 Å². The van der Waals surface area contributed by atoms with Gasteiger partial charge in [0, 0.05) is 6.54 Å². The summed E-state index contributed by atoms with van der Waals surface area (Å²) in [5, 5.41) is 5.49. The Morgan fingerprint density at radius 3 is 1.88 bits per heavy atom. The molecule has 0 aliphatic carbocycles. The lowest BCUT2D eigenvalue weighted by atomic mass is 9.94. The first-order valence-corrected chi connectivity index (χ1v) is 13.6. The maximum Gasteiger partial charge on any atom is 0.471 e. The number of carbonyl (C=O) groups is 1. The Morgan fingerprint density at radius 1 is 0.697 bits per heavy atom. The molecule has 0 saturated heterocycles. The Morgan fingerprint density at radius 2 is 1.24 bits per heavy atom. The van der Waals surface area contributed by atoms with Gasteiger partial charge >= 0.3 is 12.1 Å². The Labute approximate surface area is 201 Å². The van der Waals surface area contributed by atoms with Crippen molar-refractivity contribution in [1.29, 1.82) is 0 Å². The number of allylic oxidation sites excluding steroid dienone is 2. The highest BCUT2D eigenvalue weighted by Crippen LogP contribution is 2.18. The van der Waals surface area contributed by atoms with Gasteiger partial charge in [-0.2, -0.15) is 13.2 Å². The van der Waals surface area contributed by atoms with Crippen molar-refractivity contribution in [3.8, 4) is 0 Å². The standard InChI is InChI=1S/C27H51F3N2O/c1-3-5-7-8-9-10-11-12-13-14-15-16-18-22-31-23-20-25(19-17-6-4-2)21-24-32-26(33)27(28,29)30/h12-13,25,31H,3-11,14-24H2,1-2H3,(H,32,33). The molecule has 0 heterocycles. The summed E-state index contributed by atoms with van der Waals surface area (Å²) in [6.45, 7) is 6.38. The minimum absolute atomic E-state index is 0.0987. The number of rotatable bonds is 23. The molecule has 0 bridgehead atoms. The summed E-state index contributed by atoms with van der Waals surface area (Å²) in [4.78, 5) is 11.0. The van der Waals surface area contributed by atoms with E-state index in [-0.39, 0.29) is 6.54 Å². The molecule has 1 atom stereocenters. The van der Waals surface area contributed by atoms with E-state index in [0.717, 1.165) is 51.6 Å². The van der Waals surface area contributed by atoms with Crippen LogP contribution in [0.3, 0.4) is 0 Å². The number of alkyl halides is 3. The predicted molar refractivity (Wildman–Crippen MR) is 134 cm³/mol. The second-order valence-electron chi connectivity index (χ2n) is 9.32. The van der Waals surface area contributed by atoms with Crippen molar-refractivity contribution in [3.63, 3.8) is 0 Å². The molecule has 1 amide bonds. The molecule has 3 nitrogen and oxygen atoms in total. The second-order valence-corrected chi connectivity index (χ2v) is 9.32. The van der Waals surface area contributed by atoms with Gasteiger partial charge in [0.2, 0.25) is 0 Å². The summed E-state index contributed by atoms with van der Waals surface area (Å²) in [5.41, 5.74) is 0. The zero-order valence-corrected chi connectivity index (χ0v) is 21.4. The van der Waals surface area contributed by atoms with Crippen LogP contribution in [0, 0.1) is 5.92 Å². The SMILES string of the molecule is CCCCCCCCC=CCCCCCNCCC(CCCCC)CCNC(=O)C(F)(F)F. The summed E-state index contributed by atoms with van der Waals surface area (Å²) in [5.74, 6) is -1.47. The number of carbonyl (C=O) groups excluding carboxylic acids is 1. The van der Waals surface area contributed by atoms with Gasteiger partial charge in [0.05, 0.1) is 0 Å². The first kappa shape index (κ1) is 32.0. The first-order valence-electron chi connectivity index (χ1n) is 13.6. The van der Waals surface area contributed by atoms with Crippen LogP contribution in [0.1, 0.15) is 123 Å². The molecule has 0 rings (SSSR count). The van der Waals surface area contributed by atoms with Crippen LogP contribution in [0.25, 0.3) is 0 Å². The van der Waals surface area contributed by atoms with Crippen molar-refractivity contribution in [3.05, 3.63) is 12.2 Å². The Kier molecular flexibility index (Phi) is 22.0. The predicted octanol–water partition coefficient (Wildman–Crippen LogP) is 8.10. The van der Waals surface area contributed by atoms with Crippen LogP contribution in [0.4, 0.5) is 13.2 Å². The molecular formula is C27H51F3N2O. The lowest BCUT2D eigenvalue weighted by Gasteiger charge is -2.18. The lowest BCUT2D eigenvalue weighted by Crippen LogP contribution is -2.37. The van der Waals surface area contributed by atoms with E-state index in [1.165, 1.54) is 64.2 Å². The molecule has 0 saturated carbocycles. The van der Waals surface area contributed by atoms with Crippen molar-refractivity contribution >= 4 is 5.91 Å². The van der Waals surface area contributed by atoms with Gasteiger partial charge in [-0.05, 0) is 64.0 Å². The van der Waals surface area contributed by atoms with Crippen molar-refractivity contribution in [2.24, 2.45) is 5.92 Å². The average molecular weight is 477 g/mol. The van der Waals surface area contributed by atoms with E-state index in [1.54, 1.807) is 0 Å². The third kappa shape index (κ3) is 22.5. The summed E-state index contributed by atoms with van der Waals surface area (Å²) >= 11 is 0. The van der Waals surface area contributed by atoms with E-state index < -0.39 is 12.1 Å². The molecule has 0 aromatic heterocycles. The molecule has 0 radical (unpaired) electrons. The Balaban J connectivity index is 3.71. The molecule has 0 aliphatic rings. The highest BCUT2D eigenvalue weighted by Gasteiger charge is 2.38. The van der Waals surface area contributed by atoms with Crippen molar-refractivity contribution in [2.45, 2.75) is 129 Å². The van der Waals surface area contributed by atoms with Gasteiger partial charge in [-0.1, -0.05) is 90.2 Å². The largest absolute Gasteiger partial charge is 0.471 e. The molecule has 33 heavy (non-hydrogen) atoms. The zero-order valence-electron chi connectivity index (χ0n) is 21.4. The fourth-order valence-corrected chi connectivity index (χ4v) is 4.00. The molecule has 196 valence electrons. The van der Waals surface area contributed by atoms with Gasteiger partial charge in [0.25, 0.3) is 0 Å². The van der Waals surface area contributed by atoms with Crippen LogP contribution in [0.15, 0.2) is 12.2 Å². The highest BCUT2D eigenvalue weighted by atomic mass is 19.4. The van der Waals surface area contributed by atoms with Crippen molar-refractivity contribution in [1.82, 2.24) is 10.6 Å². The number of hydrogen-bond donors (Lipinski definition) is 2. The van der Waals surface area contributed by atoms with E-state index in [4.69, 9.17) is 0 Å². The lowest BCUT2D eigenvalue weighted by molar-refractivity contribution is -0.173. The van der Waals surface area contributed by atoms with Gasteiger partial charge in [-0.3, -0.25) is 4.79 Å². The highest BCUT2D eigenvalue weighted by molar-refractivity contribution is 5.81. The van der Waals surface area contributed by atoms with Gasteiger partial charge in [0.15, 0.2) is 0 Å². The summed E-state index contributed by atoms with van der Waals surface area (Å²) in [7, 11) is 0. The minimum atomic E-state index is -4.79. The maximum absolute atomic E-state index is 12.3. The van der Waals surface area contributed by atoms with Gasteiger partial charge < -0.3 is 10.6 Å². The molecule has 0 aromatic carbocycles. The second kappa shape index (κ2) is 22.7. The fourth-order valence-electron chi connectivity index (χ4n) is 4.00. The van der Waals surface area contributed by atoms with Crippen LogP contribution >= 0.6 is 0 Å². The van der Waals surface area contributed by atoms with Crippen LogP contribution in [0.2, 0.25) is 0 Å². The molecule has 2 N–H and O–H groups in total. The topological polar surface area (TPSA) is 41.1 Å². The van der Waals surface area contributed by atoms with Crippen molar-refractivity contribution < 1.29 is 18.0 Å². The Bertz CT molecular complexity index is 467. The smallest absolute Gasteiger partial charge is 0.348 e. The van der Waals surface area contributed by atoms with Crippen LogP contribution in [-0.4, -0.2) is 31.7 Å². The van der Waals surface area contributed by atoms with E-state index in [2.05, 4.69) is 31.3 Å². The van der Waals surface area contributed by atoms with Crippen LogP contribution < -0.4 is 10.6 Å². The Hall–Kier alpha value is -1.04. The van der Waals surface area contributed by atoms with Gasteiger partial charge in [-0.25, -0.2) is 0 Å². The first-order chi connectivity index (χ1) is 15.9. The third-order valence-electron chi connectivity index (χ3n) is 6.16. The number of nitrogens with one attached hydrogen (secondary N) is 2. The quantitative estimate of drug-likeness (QED) is 0.116. The van der Waals surface area contributed by atoms with Crippen LogP contribution in [0.5, 0.6) is 0 Å². The fraction of sp³-hybridized carbons (Fsp3) is 0.889. The maximum atomic E-state index is 12.3. The van der Waals surface area contributed by atoms with E-state index in [1.807, 2.05) is 5.32 Å². The van der Waals surface area contributed by atoms with E-state index in [9.17, 15) is 18.0 Å². The number of hydrogen-bond acceptors (Lipinski definition) is 2. The van der Waals surface area contributed by atoms with Gasteiger partial charge in [0.1, 0.15) is 0 Å². The minimum Gasteiger partial charge on any atom is -0.348 e. The van der Waals surface area contributed by atoms with Crippen molar-refractivity contribution in [2.75, 3.05) is 19.6 Å². The molecule has 1 unspecified atom stereocenters. The summed E-state index contributed by atoms with van der Waals surface area (Å²) in [6, 6.07) is 0. The van der Waals surface area contributed by atoms with Gasteiger partial charge in [-0.15, -0.1) is 0 Å². The number of halogens is 3. The molecule has 0 fully saturated rings. The molecular weight excluding hydrogens is 425 g/mol. The summed E-state index contributed by atoms with van der Waals surface area (Å²) < 4.78 is 36.9. The zero-order chi connectivity index (χ0) is 24.6. The van der Waals surface area contributed by atoms with E-state index in [0.29, 0.717) is 12.3 Å². The normalized spacial score (nSPS) is 13.0. The number of unbranched alkanes of at least 4 members (excludes halogenated alkanes) is 11. The van der Waals surface area contributed by atoms with Crippen LogP contribution in [-0.2, 0) is 4.79 Å². The average Bonchev–Trinajstić information content (AvgIpc) is 2.77. The summed E-state index contributed by atoms with van der Waals surface area (Å²) in [6.07, 6.45) is 19.9. The molecule has 6 heteroatoms. The molecule has 0 aromatic rings. The molecule has 0 aliphatic heterocycles.